The number of rotatable bonds is 19. The van der Waals surface area contributed by atoms with Crippen LogP contribution in [0.2, 0.25) is 0 Å². The van der Waals surface area contributed by atoms with Crippen LogP contribution in [0.4, 0.5) is 4.79 Å². The Labute approximate surface area is 250 Å². The molecule has 0 saturated carbocycles. The Morgan fingerprint density at radius 3 is 2.56 bits per heavy atom. The number of hydrogen-bond acceptors (Lipinski definition) is 7. The summed E-state index contributed by atoms with van der Waals surface area (Å²) >= 11 is 1.79. The van der Waals surface area contributed by atoms with Crippen LogP contribution in [0.3, 0.4) is 0 Å². The van der Waals surface area contributed by atoms with E-state index < -0.39 is 0 Å². The number of carbonyl (C=O) groups is 2. The number of thioether (sulfide) groups is 1. The lowest BCUT2D eigenvalue weighted by Gasteiger charge is -2.18. The molecule has 0 fully saturated rings. The molecular weight excluding hydrogens is 540 g/mol. The van der Waals surface area contributed by atoms with Gasteiger partial charge in [0.1, 0.15) is 6.10 Å². The molecule has 0 spiro atoms. The van der Waals surface area contributed by atoms with Crippen LogP contribution in [0.25, 0.3) is 6.08 Å². The summed E-state index contributed by atoms with van der Waals surface area (Å²) < 4.78 is 22.0. The first-order chi connectivity index (χ1) is 20.1. The summed E-state index contributed by atoms with van der Waals surface area (Å²) in [7, 11) is 0. The number of terminal acetylenes is 1. The third-order valence-corrected chi connectivity index (χ3v) is 7.16. The summed E-state index contributed by atoms with van der Waals surface area (Å²) in [6.07, 6.45) is 18.5. The maximum atomic E-state index is 12.6. The third-order valence-electron chi connectivity index (χ3n) is 6.19. The molecule has 1 aromatic carbocycles. The van der Waals surface area contributed by atoms with Crippen LogP contribution >= 0.6 is 11.8 Å². The van der Waals surface area contributed by atoms with Crippen molar-refractivity contribution in [2.45, 2.75) is 56.4 Å². The van der Waals surface area contributed by atoms with E-state index >= 15 is 0 Å². The number of ether oxygens (including phenoxy) is 4. The second kappa shape index (κ2) is 22.9. The van der Waals surface area contributed by atoms with Gasteiger partial charge in [-0.15, -0.1) is 18.2 Å². The van der Waals surface area contributed by atoms with Crippen molar-refractivity contribution < 1.29 is 28.5 Å². The zero-order valence-corrected chi connectivity index (χ0v) is 25.2. The number of allylic oxidation sites excluding steroid dienone is 2. The van der Waals surface area contributed by atoms with Gasteiger partial charge in [-0.25, -0.2) is 4.79 Å². The van der Waals surface area contributed by atoms with E-state index in [2.05, 4.69) is 42.4 Å². The smallest absolute Gasteiger partial charge is 0.407 e. The molecule has 0 saturated heterocycles. The quantitative estimate of drug-likeness (QED) is 0.102. The van der Waals surface area contributed by atoms with Crippen LogP contribution in [0.5, 0.6) is 0 Å². The molecule has 41 heavy (non-hydrogen) atoms. The van der Waals surface area contributed by atoms with Gasteiger partial charge in [0.15, 0.2) is 0 Å². The first-order valence-electron chi connectivity index (χ1n) is 14.6. The van der Waals surface area contributed by atoms with Crippen molar-refractivity contribution in [1.29, 1.82) is 0 Å². The van der Waals surface area contributed by atoms with Crippen molar-refractivity contribution in [3.8, 4) is 12.3 Å². The van der Waals surface area contributed by atoms with Gasteiger partial charge in [-0.1, -0.05) is 55.3 Å². The highest BCUT2D eigenvalue weighted by molar-refractivity contribution is 7.99. The van der Waals surface area contributed by atoms with E-state index in [0.717, 1.165) is 43.4 Å². The normalized spacial score (nSPS) is 16.0. The average molecular weight is 587 g/mol. The number of hydrogen-bond donors (Lipinski definition) is 1. The lowest BCUT2D eigenvalue weighted by Crippen LogP contribution is -2.32. The zero-order valence-electron chi connectivity index (χ0n) is 24.4. The van der Waals surface area contributed by atoms with Crippen LogP contribution < -0.4 is 5.32 Å². The van der Waals surface area contributed by atoms with Crippen LogP contribution in [-0.4, -0.2) is 88.0 Å². The van der Waals surface area contributed by atoms with Crippen LogP contribution in [0.15, 0.2) is 47.4 Å². The standard InChI is InChI=1S/C32H46N2O6S/c1-3-20-34(21-12-14-28-13-10-11-17-30(28)41-4-2)31(35)18-22-37-24-26-39-27-25-38-23-19-33-32(36)40-29-15-8-6-5-7-9-16-29/h1,5-6,10-14,17,29H,4,7-9,15-16,18-27H2,2H3,(H,33,36)/b6-5+,14-12+. The first kappa shape index (κ1) is 34.4. The van der Waals surface area contributed by atoms with Crippen molar-refractivity contribution in [2.24, 2.45) is 0 Å². The average Bonchev–Trinajstić information content (AvgIpc) is 2.95. The lowest BCUT2D eigenvalue weighted by atomic mass is 10.0. The van der Waals surface area contributed by atoms with E-state index in [1.165, 1.54) is 4.90 Å². The number of nitrogens with one attached hydrogen (secondary N) is 1. The largest absolute Gasteiger partial charge is 0.446 e. The minimum Gasteiger partial charge on any atom is -0.446 e. The Kier molecular flexibility index (Phi) is 19.2. The van der Waals surface area contributed by atoms with Gasteiger partial charge in [0.25, 0.3) is 0 Å². The van der Waals surface area contributed by atoms with Gasteiger partial charge in [0.05, 0.1) is 52.6 Å². The van der Waals surface area contributed by atoms with Crippen molar-refractivity contribution in [1.82, 2.24) is 10.2 Å². The van der Waals surface area contributed by atoms with Crippen molar-refractivity contribution in [2.75, 3.05) is 65.0 Å². The summed E-state index contributed by atoms with van der Waals surface area (Å²) in [4.78, 5) is 27.4. The first-order valence-corrected chi connectivity index (χ1v) is 15.5. The molecule has 1 aliphatic carbocycles. The van der Waals surface area contributed by atoms with Crippen molar-refractivity contribution >= 4 is 29.8 Å². The molecule has 2 amide bonds. The molecule has 9 heteroatoms. The summed E-state index contributed by atoms with van der Waals surface area (Å²) in [5.74, 6) is 3.52. The molecule has 226 valence electrons. The molecule has 1 unspecified atom stereocenters. The van der Waals surface area contributed by atoms with Crippen molar-refractivity contribution in [3.05, 3.63) is 48.1 Å². The van der Waals surface area contributed by atoms with E-state index in [0.29, 0.717) is 52.7 Å². The second-order valence-corrected chi connectivity index (χ2v) is 10.7. The molecular formula is C32H46N2O6S. The van der Waals surface area contributed by atoms with E-state index in [-0.39, 0.29) is 31.1 Å². The molecule has 8 nitrogen and oxygen atoms in total. The maximum Gasteiger partial charge on any atom is 0.407 e. The molecule has 0 radical (unpaired) electrons. The van der Waals surface area contributed by atoms with E-state index in [9.17, 15) is 9.59 Å². The Morgan fingerprint density at radius 1 is 1.05 bits per heavy atom. The molecule has 2 rings (SSSR count). The summed E-state index contributed by atoms with van der Waals surface area (Å²) in [5, 5.41) is 2.73. The van der Waals surface area contributed by atoms with Gasteiger partial charge in [-0.05, 0) is 49.5 Å². The lowest BCUT2D eigenvalue weighted by molar-refractivity contribution is -0.131. The SMILES string of the molecule is C#CCN(C/C=C/c1ccccc1SCC)C(=O)CCOCCOCCOCCNC(=O)OC1CC/C=C/CCC1. The van der Waals surface area contributed by atoms with Crippen molar-refractivity contribution in [3.63, 3.8) is 0 Å². The van der Waals surface area contributed by atoms with Crippen LogP contribution in [-0.2, 0) is 23.7 Å². The molecule has 1 aromatic rings. The van der Waals surface area contributed by atoms with E-state index in [1.807, 2.05) is 24.3 Å². The van der Waals surface area contributed by atoms with Crippen LogP contribution in [0, 0.1) is 12.3 Å². The van der Waals surface area contributed by atoms with Gasteiger partial charge in [-0.2, -0.15) is 0 Å². The number of benzene rings is 1. The van der Waals surface area contributed by atoms with E-state index in [4.69, 9.17) is 25.4 Å². The van der Waals surface area contributed by atoms with Gasteiger partial charge in [0.2, 0.25) is 5.91 Å². The summed E-state index contributed by atoms with van der Waals surface area (Å²) in [6, 6.07) is 8.20. The van der Waals surface area contributed by atoms with E-state index in [1.54, 1.807) is 16.7 Å². The topological polar surface area (TPSA) is 86.3 Å². The fourth-order valence-electron chi connectivity index (χ4n) is 4.10. The monoisotopic (exact) mass is 586 g/mol. The highest BCUT2D eigenvalue weighted by Gasteiger charge is 2.14. The molecule has 1 N–H and O–H groups in total. The number of alkyl carbamates (subject to hydrolysis) is 1. The minimum atomic E-state index is -0.388. The predicted octanol–water partition coefficient (Wildman–Crippen LogP) is 5.33. The molecule has 0 bridgehead atoms. The Morgan fingerprint density at radius 2 is 1.78 bits per heavy atom. The van der Waals surface area contributed by atoms with Gasteiger partial charge < -0.3 is 29.2 Å². The fourth-order valence-corrected chi connectivity index (χ4v) is 4.89. The molecule has 1 aliphatic rings. The highest BCUT2D eigenvalue weighted by Crippen LogP contribution is 2.23. The Bertz CT molecular complexity index is 977. The molecule has 0 heterocycles. The minimum absolute atomic E-state index is 0.0168. The maximum absolute atomic E-state index is 12.6. The Hall–Kier alpha value is -2.77. The second-order valence-electron chi connectivity index (χ2n) is 9.37. The number of nitrogens with zero attached hydrogens (tertiary/aromatic N) is 1. The summed E-state index contributed by atoms with van der Waals surface area (Å²) in [5.41, 5.74) is 1.14. The third kappa shape index (κ3) is 16.3. The Balaban J connectivity index is 1.47. The zero-order chi connectivity index (χ0) is 29.4. The van der Waals surface area contributed by atoms with Gasteiger partial charge >= 0.3 is 6.09 Å². The predicted molar refractivity (Wildman–Crippen MR) is 165 cm³/mol. The number of amides is 2. The molecule has 0 aliphatic heterocycles. The molecule has 1 atom stereocenters. The van der Waals surface area contributed by atoms with Gasteiger partial charge in [-0.3, -0.25) is 4.79 Å². The highest BCUT2D eigenvalue weighted by atomic mass is 32.2. The number of carbonyl (C=O) groups excluding carboxylic acids is 2. The van der Waals surface area contributed by atoms with Gasteiger partial charge in [0, 0.05) is 18.0 Å². The fraction of sp³-hybridized carbons (Fsp3) is 0.562. The molecule has 0 aromatic heterocycles. The van der Waals surface area contributed by atoms with Crippen LogP contribution in [0.1, 0.15) is 51.0 Å². The summed E-state index contributed by atoms with van der Waals surface area (Å²) in [6.45, 7) is 5.55.